The summed E-state index contributed by atoms with van der Waals surface area (Å²) in [6.07, 6.45) is 0.800. The van der Waals surface area contributed by atoms with Crippen molar-refractivity contribution in [3.05, 3.63) is 59.7 Å². The highest BCUT2D eigenvalue weighted by molar-refractivity contribution is 7.89. The van der Waals surface area contributed by atoms with Crippen LogP contribution in [0.3, 0.4) is 0 Å². The average Bonchev–Trinajstić information content (AvgIpc) is 2.97. The Kier molecular flexibility index (Phi) is 4.19. The minimum absolute atomic E-state index is 0.0290. The van der Waals surface area contributed by atoms with Gasteiger partial charge in [0.05, 0.1) is 4.90 Å². The molecule has 0 aromatic heterocycles. The maximum atomic E-state index is 12.2. The monoisotopic (exact) mass is 330 g/mol. The first-order chi connectivity index (χ1) is 11.0. The molecule has 0 atom stereocenters. The molecular formula is C17H18N2O3S. The Bertz CT molecular complexity index is 832. The van der Waals surface area contributed by atoms with E-state index in [2.05, 4.69) is 4.72 Å². The van der Waals surface area contributed by atoms with Gasteiger partial charge in [-0.15, -0.1) is 0 Å². The van der Waals surface area contributed by atoms with Gasteiger partial charge in [-0.2, -0.15) is 0 Å². The number of hydrogen-bond acceptors (Lipinski definition) is 3. The predicted octanol–water partition coefficient (Wildman–Crippen LogP) is 2.07. The summed E-state index contributed by atoms with van der Waals surface area (Å²) < 4.78 is 27.0. The summed E-state index contributed by atoms with van der Waals surface area (Å²) in [4.78, 5) is 13.5. The van der Waals surface area contributed by atoms with Crippen molar-refractivity contribution in [1.29, 1.82) is 0 Å². The molecule has 1 aliphatic rings. The third-order valence-corrected chi connectivity index (χ3v) is 5.36. The third-order valence-electron chi connectivity index (χ3n) is 3.94. The number of sulfonamides is 1. The summed E-state index contributed by atoms with van der Waals surface area (Å²) in [5, 5.41) is 0. The third kappa shape index (κ3) is 3.28. The van der Waals surface area contributed by atoms with E-state index in [4.69, 9.17) is 0 Å². The molecule has 0 unspecified atom stereocenters. The van der Waals surface area contributed by atoms with Crippen molar-refractivity contribution >= 4 is 21.6 Å². The highest BCUT2D eigenvalue weighted by Gasteiger charge is 2.22. The first-order valence-electron chi connectivity index (χ1n) is 7.42. The number of carbonyl (C=O) groups is 1. The average molecular weight is 330 g/mol. The smallest absolute Gasteiger partial charge is 0.240 e. The Morgan fingerprint density at radius 2 is 1.91 bits per heavy atom. The van der Waals surface area contributed by atoms with Crippen LogP contribution in [0.15, 0.2) is 53.4 Å². The van der Waals surface area contributed by atoms with Gasteiger partial charge in [-0.1, -0.05) is 30.3 Å². The SMILES string of the molecule is CC(=O)N1CCc2cc(CNS(=O)(=O)c3ccccc3)ccc21. The minimum Gasteiger partial charge on any atom is -0.312 e. The molecule has 1 heterocycles. The van der Waals surface area contributed by atoms with Crippen LogP contribution >= 0.6 is 0 Å². The molecule has 23 heavy (non-hydrogen) atoms. The van der Waals surface area contributed by atoms with E-state index in [-0.39, 0.29) is 17.3 Å². The lowest BCUT2D eigenvalue weighted by atomic mass is 10.1. The molecule has 0 bridgehead atoms. The van der Waals surface area contributed by atoms with Crippen molar-refractivity contribution in [2.75, 3.05) is 11.4 Å². The van der Waals surface area contributed by atoms with Gasteiger partial charge in [0.1, 0.15) is 0 Å². The van der Waals surface area contributed by atoms with E-state index in [1.807, 2.05) is 18.2 Å². The molecule has 1 N–H and O–H groups in total. The molecular weight excluding hydrogens is 312 g/mol. The molecule has 2 aromatic carbocycles. The van der Waals surface area contributed by atoms with Crippen molar-refractivity contribution in [2.45, 2.75) is 24.8 Å². The molecule has 120 valence electrons. The quantitative estimate of drug-likeness (QED) is 0.933. The zero-order valence-corrected chi connectivity index (χ0v) is 13.6. The highest BCUT2D eigenvalue weighted by atomic mass is 32.2. The fraction of sp³-hybridized carbons (Fsp3) is 0.235. The molecule has 0 fully saturated rings. The molecule has 1 aliphatic heterocycles. The van der Waals surface area contributed by atoms with Gasteiger partial charge in [-0.25, -0.2) is 13.1 Å². The van der Waals surface area contributed by atoms with Gasteiger partial charge in [0, 0.05) is 25.7 Å². The van der Waals surface area contributed by atoms with Crippen LogP contribution in [-0.2, 0) is 27.8 Å². The Hall–Kier alpha value is -2.18. The maximum Gasteiger partial charge on any atom is 0.240 e. The Morgan fingerprint density at radius 1 is 1.17 bits per heavy atom. The first-order valence-corrected chi connectivity index (χ1v) is 8.90. The number of benzene rings is 2. The van der Waals surface area contributed by atoms with Gasteiger partial charge in [-0.05, 0) is 35.7 Å². The maximum absolute atomic E-state index is 12.2. The van der Waals surface area contributed by atoms with E-state index in [0.717, 1.165) is 23.2 Å². The fourth-order valence-corrected chi connectivity index (χ4v) is 3.79. The van der Waals surface area contributed by atoms with Crippen molar-refractivity contribution in [3.63, 3.8) is 0 Å². The van der Waals surface area contributed by atoms with Crippen molar-refractivity contribution < 1.29 is 13.2 Å². The van der Waals surface area contributed by atoms with Gasteiger partial charge in [0.25, 0.3) is 0 Å². The molecule has 2 aromatic rings. The topological polar surface area (TPSA) is 66.5 Å². The van der Waals surface area contributed by atoms with E-state index in [1.165, 1.54) is 0 Å². The molecule has 0 saturated carbocycles. The van der Waals surface area contributed by atoms with Crippen molar-refractivity contribution in [3.8, 4) is 0 Å². The Balaban J connectivity index is 1.74. The molecule has 1 amide bonds. The molecule has 3 rings (SSSR count). The van der Waals surface area contributed by atoms with E-state index in [9.17, 15) is 13.2 Å². The number of nitrogens with one attached hydrogen (secondary N) is 1. The van der Waals surface area contributed by atoms with Gasteiger partial charge in [0.2, 0.25) is 15.9 Å². The van der Waals surface area contributed by atoms with E-state index in [0.29, 0.717) is 6.54 Å². The van der Waals surface area contributed by atoms with Crippen LogP contribution in [0, 0.1) is 0 Å². The highest BCUT2D eigenvalue weighted by Crippen LogP contribution is 2.28. The van der Waals surface area contributed by atoms with Gasteiger partial charge >= 0.3 is 0 Å². The van der Waals surface area contributed by atoms with Crippen LogP contribution < -0.4 is 9.62 Å². The summed E-state index contributed by atoms with van der Waals surface area (Å²) in [5.74, 6) is 0.0290. The number of carbonyl (C=O) groups excluding carboxylic acids is 1. The van der Waals surface area contributed by atoms with Crippen LogP contribution in [0.1, 0.15) is 18.1 Å². The lowest BCUT2D eigenvalue weighted by Gasteiger charge is -2.15. The Morgan fingerprint density at radius 3 is 2.61 bits per heavy atom. The van der Waals surface area contributed by atoms with Gasteiger partial charge in [0.15, 0.2) is 0 Å². The second-order valence-electron chi connectivity index (χ2n) is 5.52. The molecule has 0 aliphatic carbocycles. The number of anilines is 1. The second-order valence-corrected chi connectivity index (χ2v) is 7.29. The zero-order valence-electron chi connectivity index (χ0n) is 12.8. The molecule has 6 heteroatoms. The molecule has 0 saturated heterocycles. The summed E-state index contributed by atoms with van der Waals surface area (Å²) in [5.41, 5.74) is 2.89. The zero-order chi connectivity index (χ0) is 16.4. The van der Waals surface area contributed by atoms with Crippen LogP contribution in [-0.4, -0.2) is 20.9 Å². The summed E-state index contributed by atoms with van der Waals surface area (Å²) >= 11 is 0. The minimum atomic E-state index is -3.51. The summed E-state index contributed by atoms with van der Waals surface area (Å²) in [6, 6.07) is 14.0. The summed E-state index contributed by atoms with van der Waals surface area (Å²) in [7, 11) is -3.51. The Labute approximate surface area is 136 Å². The summed E-state index contributed by atoms with van der Waals surface area (Å²) in [6.45, 7) is 2.46. The van der Waals surface area contributed by atoms with Gasteiger partial charge < -0.3 is 4.90 Å². The fourth-order valence-electron chi connectivity index (χ4n) is 2.75. The van der Waals surface area contributed by atoms with Crippen LogP contribution in [0.4, 0.5) is 5.69 Å². The molecule has 0 radical (unpaired) electrons. The number of amides is 1. The lowest BCUT2D eigenvalue weighted by Crippen LogP contribution is -2.25. The van der Waals surface area contributed by atoms with Crippen LogP contribution in [0.25, 0.3) is 0 Å². The lowest BCUT2D eigenvalue weighted by molar-refractivity contribution is -0.116. The number of rotatable bonds is 4. The van der Waals surface area contributed by atoms with E-state index >= 15 is 0 Å². The normalized spacial score (nSPS) is 13.9. The number of fused-ring (bicyclic) bond motifs is 1. The predicted molar refractivity (Wildman–Crippen MR) is 88.6 cm³/mol. The van der Waals surface area contributed by atoms with Crippen molar-refractivity contribution in [2.24, 2.45) is 0 Å². The second kappa shape index (κ2) is 6.14. The van der Waals surface area contributed by atoms with Crippen LogP contribution in [0.5, 0.6) is 0 Å². The van der Waals surface area contributed by atoms with Gasteiger partial charge in [-0.3, -0.25) is 4.79 Å². The van der Waals surface area contributed by atoms with E-state index in [1.54, 1.807) is 42.2 Å². The largest absolute Gasteiger partial charge is 0.312 e. The first kappa shape index (κ1) is 15.7. The standard InChI is InChI=1S/C17H18N2O3S/c1-13(20)19-10-9-15-11-14(7-8-17(15)19)12-18-23(21,22)16-5-3-2-4-6-16/h2-8,11,18H,9-10,12H2,1H3. The number of nitrogens with zero attached hydrogens (tertiary/aromatic N) is 1. The number of hydrogen-bond donors (Lipinski definition) is 1. The van der Waals surface area contributed by atoms with E-state index < -0.39 is 10.0 Å². The molecule has 0 spiro atoms. The molecule has 5 nitrogen and oxygen atoms in total. The van der Waals surface area contributed by atoms with Crippen LogP contribution in [0.2, 0.25) is 0 Å². The van der Waals surface area contributed by atoms with Crippen molar-refractivity contribution in [1.82, 2.24) is 4.72 Å².